The van der Waals surface area contributed by atoms with E-state index in [9.17, 15) is 0 Å². The van der Waals surface area contributed by atoms with Crippen molar-refractivity contribution in [3.05, 3.63) is 48.0 Å². The van der Waals surface area contributed by atoms with Gasteiger partial charge in [-0.05, 0) is 24.3 Å². The minimum absolute atomic E-state index is 0.218. The van der Waals surface area contributed by atoms with Gasteiger partial charge in [-0.1, -0.05) is 18.2 Å². The van der Waals surface area contributed by atoms with Crippen molar-refractivity contribution in [2.45, 2.75) is 0 Å². The molecular weight excluding hydrogens is 268 g/mol. The third-order valence-electron chi connectivity index (χ3n) is 3.19. The van der Waals surface area contributed by atoms with Crippen molar-refractivity contribution >= 4 is 11.9 Å². The van der Waals surface area contributed by atoms with Gasteiger partial charge in [-0.2, -0.15) is 5.10 Å². The van der Waals surface area contributed by atoms with E-state index in [0.29, 0.717) is 17.2 Å². The second-order valence-electron chi connectivity index (χ2n) is 4.56. The van der Waals surface area contributed by atoms with Crippen LogP contribution in [0, 0.1) is 0 Å². The smallest absolute Gasteiger partial charge is 0.231 e. The molecular formula is C16H16N2O3. The number of hydrazone groups is 1. The standard InChI is InChI=1S/C16H16N2O3/c1-18(13-6-4-3-5-7-13)17-10-12-8-14(19-2)16-15(9-12)20-11-21-16/h3-10H,11H2,1-2H3/b17-10-. The zero-order valence-corrected chi connectivity index (χ0v) is 11.9. The molecule has 0 amide bonds. The third kappa shape index (κ3) is 2.76. The minimum atomic E-state index is 0.218. The maximum absolute atomic E-state index is 5.40. The molecule has 1 heterocycles. The summed E-state index contributed by atoms with van der Waals surface area (Å²) in [5.41, 5.74) is 1.90. The van der Waals surface area contributed by atoms with Gasteiger partial charge >= 0.3 is 0 Å². The van der Waals surface area contributed by atoms with Crippen molar-refractivity contribution in [3.63, 3.8) is 0 Å². The number of hydrogen-bond acceptors (Lipinski definition) is 5. The molecule has 0 saturated heterocycles. The molecule has 0 unspecified atom stereocenters. The Bertz CT molecular complexity index is 656. The fourth-order valence-electron chi connectivity index (χ4n) is 2.09. The van der Waals surface area contributed by atoms with Crippen LogP contribution < -0.4 is 19.2 Å². The van der Waals surface area contributed by atoms with Crippen molar-refractivity contribution in [2.24, 2.45) is 5.10 Å². The highest BCUT2D eigenvalue weighted by atomic mass is 16.7. The Labute approximate surface area is 123 Å². The summed E-state index contributed by atoms with van der Waals surface area (Å²) in [5.74, 6) is 1.97. The zero-order valence-electron chi connectivity index (χ0n) is 11.9. The van der Waals surface area contributed by atoms with E-state index in [1.165, 1.54) is 0 Å². The Balaban J connectivity index is 1.83. The van der Waals surface area contributed by atoms with Gasteiger partial charge in [0.15, 0.2) is 11.5 Å². The fraction of sp³-hybridized carbons (Fsp3) is 0.188. The average molecular weight is 284 g/mol. The number of methoxy groups -OCH3 is 1. The van der Waals surface area contributed by atoms with E-state index < -0.39 is 0 Å². The van der Waals surface area contributed by atoms with Gasteiger partial charge in [0.25, 0.3) is 0 Å². The first-order valence-electron chi connectivity index (χ1n) is 6.58. The van der Waals surface area contributed by atoms with E-state index in [1.807, 2.05) is 49.5 Å². The topological polar surface area (TPSA) is 43.3 Å². The summed E-state index contributed by atoms with van der Waals surface area (Å²) < 4.78 is 16.1. The van der Waals surface area contributed by atoms with Gasteiger partial charge in [-0.3, -0.25) is 5.01 Å². The highest BCUT2D eigenvalue weighted by molar-refractivity contribution is 5.83. The summed E-state index contributed by atoms with van der Waals surface area (Å²) in [7, 11) is 3.50. The number of ether oxygens (including phenoxy) is 3. The van der Waals surface area contributed by atoms with E-state index in [1.54, 1.807) is 18.3 Å². The lowest BCUT2D eigenvalue weighted by Crippen LogP contribution is -2.08. The van der Waals surface area contributed by atoms with Gasteiger partial charge in [0, 0.05) is 12.6 Å². The summed E-state index contributed by atoms with van der Waals surface area (Å²) in [6, 6.07) is 13.7. The van der Waals surface area contributed by atoms with Gasteiger partial charge in [-0.25, -0.2) is 0 Å². The molecule has 3 rings (SSSR count). The molecule has 1 aliphatic heterocycles. The molecule has 2 aromatic rings. The predicted octanol–water partition coefficient (Wildman–Crippen LogP) is 2.89. The lowest BCUT2D eigenvalue weighted by Gasteiger charge is -2.12. The molecule has 0 saturated carbocycles. The van der Waals surface area contributed by atoms with E-state index in [-0.39, 0.29) is 6.79 Å². The first-order valence-corrected chi connectivity index (χ1v) is 6.58. The van der Waals surface area contributed by atoms with Crippen LogP contribution in [0.4, 0.5) is 5.69 Å². The van der Waals surface area contributed by atoms with Crippen molar-refractivity contribution in [3.8, 4) is 17.2 Å². The van der Waals surface area contributed by atoms with Crippen LogP contribution in [0.3, 0.4) is 0 Å². The molecule has 0 aromatic heterocycles. The summed E-state index contributed by atoms with van der Waals surface area (Å²) in [4.78, 5) is 0. The number of anilines is 1. The summed E-state index contributed by atoms with van der Waals surface area (Å²) >= 11 is 0. The molecule has 0 fully saturated rings. The molecule has 0 radical (unpaired) electrons. The first-order chi connectivity index (χ1) is 10.3. The summed E-state index contributed by atoms with van der Waals surface area (Å²) in [5, 5.41) is 6.22. The molecule has 0 atom stereocenters. The quantitative estimate of drug-likeness (QED) is 0.639. The van der Waals surface area contributed by atoms with Crippen LogP contribution in [0.1, 0.15) is 5.56 Å². The van der Waals surface area contributed by atoms with Crippen LogP contribution in [0.25, 0.3) is 0 Å². The van der Waals surface area contributed by atoms with Crippen LogP contribution in [-0.4, -0.2) is 27.2 Å². The zero-order chi connectivity index (χ0) is 14.7. The lowest BCUT2D eigenvalue weighted by molar-refractivity contribution is 0.171. The Hall–Kier alpha value is -2.69. The normalized spacial score (nSPS) is 12.7. The predicted molar refractivity (Wildman–Crippen MR) is 81.6 cm³/mol. The van der Waals surface area contributed by atoms with Crippen molar-refractivity contribution < 1.29 is 14.2 Å². The number of benzene rings is 2. The highest BCUT2D eigenvalue weighted by Crippen LogP contribution is 2.41. The van der Waals surface area contributed by atoms with Crippen molar-refractivity contribution in [1.29, 1.82) is 0 Å². The van der Waals surface area contributed by atoms with Gasteiger partial charge in [0.2, 0.25) is 12.5 Å². The van der Waals surface area contributed by atoms with Gasteiger partial charge in [0.1, 0.15) is 0 Å². The molecule has 0 spiro atoms. The van der Waals surface area contributed by atoms with Crippen LogP contribution in [-0.2, 0) is 0 Å². The minimum Gasteiger partial charge on any atom is -0.493 e. The maximum atomic E-state index is 5.40. The largest absolute Gasteiger partial charge is 0.493 e. The first kappa shape index (κ1) is 13.3. The Morgan fingerprint density at radius 1 is 1.19 bits per heavy atom. The van der Waals surface area contributed by atoms with Gasteiger partial charge in [-0.15, -0.1) is 0 Å². The van der Waals surface area contributed by atoms with Gasteiger partial charge < -0.3 is 14.2 Å². The maximum Gasteiger partial charge on any atom is 0.231 e. The van der Waals surface area contributed by atoms with Crippen molar-refractivity contribution in [1.82, 2.24) is 0 Å². The number of nitrogens with zero attached hydrogens (tertiary/aromatic N) is 2. The second-order valence-corrected chi connectivity index (χ2v) is 4.56. The molecule has 0 N–H and O–H groups in total. The highest BCUT2D eigenvalue weighted by Gasteiger charge is 2.19. The fourth-order valence-corrected chi connectivity index (χ4v) is 2.09. The molecule has 0 bridgehead atoms. The number of hydrogen-bond donors (Lipinski definition) is 0. The van der Waals surface area contributed by atoms with Crippen molar-refractivity contribution in [2.75, 3.05) is 26.0 Å². The van der Waals surface area contributed by atoms with E-state index in [4.69, 9.17) is 14.2 Å². The molecule has 5 nitrogen and oxygen atoms in total. The number of rotatable bonds is 4. The van der Waals surface area contributed by atoms with Crippen LogP contribution in [0.5, 0.6) is 17.2 Å². The number of para-hydroxylation sites is 1. The Morgan fingerprint density at radius 2 is 2.00 bits per heavy atom. The lowest BCUT2D eigenvalue weighted by atomic mass is 10.2. The molecule has 108 valence electrons. The van der Waals surface area contributed by atoms with E-state index >= 15 is 0 Å². The molecule has 21 heavy (non-hydrogen) atoms. The Kier molecular flexibility index (Phi) is 3.64. The van der Waals surface area contributed by atoms with E-state index in [2.05, 4.69) is 5.10 Å². The SMILES string of the molecule is COc1cc(/C=N\N(C)c2ccccc2)cc2c1OCO2. The average Bonchev–Trinajstić information content (AvgIpc) is 3.01. The summed E-state index contributed by atoms with van der Waals surface area (Å²) in [6.45, 7) is 0.218. The monoisotopic (exact) mass is 284 g/mol. The van der Waals surface area contributed by atoms with Crippen LogP contribution in [0.15, 0.2) is 47.6 Å². The second kappa shape index (κ2) is 5.75. The van der Waals surface area contributed by atoms with Crippen LogP contribution >= 0.6 is 0 Å². The Morgan fingerprint density at radius 3 is 2.76 bits per heavy atom. The molecule has 2 aromatic carbocycles. The molecule has 1 aliphatic rings. The number of fused-ring (bicyclic) bond motifs is 1. The van der Waals surface area contributed by atoms with Crippen LogP contribution in [0.2, 0.25) is 0 Å². The van der Waals surface area contributed by atoms with E-state index in [0.717, 1.165) is 11.3 Å². The molecule has 5 heteroatoms. The van der Waals surface area contributed by atoms with Gasteiger partial charge in [0.05, 0.1) is 19.0 Å². The molecule has 0 aliphatic carbocycles. The third-order valence-corrected chi connectivity index (χ3v) is 3.19. The summed E-state index contributed by atoms with van der Waals surface area (Å²) in [6.07, 6.45) is 1.76.